The SMILES string of the molecule is CCOC(=O)C(CC)c1ccc(Br)cc1. The fourth-order valence-corrected chi connectivity index (χ4v) is 1.74. The molecule has 0 aliphatic carbocycles. The van der Waals surface area contributed by atoms with Crippen molar-refractivity contribution >= 4 is 21.9 Å². The standard InChI is InChI=1S/C12H15BrO2/c1-3-11(12(14)15-4-2)9-5-7-10(13)8-6-9/h5-8,11H,3-4H2,1-2H3. The third-order valence-electron chi connectivity index (χ3n) is 2.25. The molecule has 1 aromatic rings. The van der Waals surface area contributed by atoms with Gasteiger partial charge in [-0.1, -0.05) is 35.0 Å². The molecule has 82 valence electrons. The summed E-state index contributed by atoms with van der Waals surface area (Å²) in [6.45, 7) is 4.25. The highest BCUT2D eigenvalue weighted by Crippen LogP contribution is 2.22. The maximum Gasteiger partial charge on any atom is 0.313 e. The Balaban J connectivity index is 2.82. The summed E-state index contributed by atoms with van der Waals surface area (Å²) in [7, 11) is 0. The molecular weight excluding hydrogens is 256 g/mol. The number of carbonyl (C=O) groups excluding carboxylic acids is 1. The van der Waals surface area contributed by atoms with Crippen molar-refractivity contribution in [3.8, 4) is 0 Å². The predicted molar refractivity (Wildman–Crippen MR) is 63.8 cm³/mol. The van der Waals surface area contributed by atoms with Crippen LogP contribution in [0.1, 0.15) is 31.7 Å². The highest BCUT2D eigenvalue weighted by atomic mass is 79.9. The second kappa shape index (κ2) is 5.91. The van der Waals surface area contributed by atoms with E-state index in [1.807, 2.05) is 38.1 Å². The van der Waals surface area contributed by atoms with E-state index in [-0.39, 0.29) is 11.9 Å². The average molecular weight is 271 g/mol. The number of rotatable bonds is 4. The van der Waals surface area contributed by atoms with Gasteiger partial charge in [-0.15, -0.1) is 0 Å². The van der Waals surface area contributed by atoms with Crippen LogP contribution < -0.4 is 0 Å². The third-order valence-corrected chi connectivity index (χ3v) is 2.78. The van der Waals surface area contributed by atoms with E-state index in [1.54, 1.807) is 0 Å². The molecule has 0 spiro atoms. The first-order valence-electron chi connectivity index (χ1n) is 5.11. The first-order valence-corrected chi connectivity index (χ1v) is 5.90. The van der Waals surface area contributed by atoms with Crippen LogP contribution in [0.15, 0.2) is 28.7 Å². The van der Waals surface area contributed by atoms with Crippen molar-refractivity contribution in [2.45, 2.75) is 26.2 Å². The average Bonchev–Trinajstić information content (AvgIpc) is 2.22. The number of esters is 1. The molecule has 0 N–H and O–H groups in total. The molecule has 0 heterocycles. The molecule has 0 saturated heterocycles. The zero-order valence-electron chi connectivity index (χ0n) is 9.00. The maximum atomic E-state index is 11.6. The molecule has 0 radical (unpaired) electrons. The quantitative estimate of drug-likeness (QED) is 0.783. The van der Waals surface area contributed by atoms with E-state index in [9.17, 15) is 4.79 Å². The van der Waals surface area contributed by atoms with Crippen LogP contribution in [0.4, 0.5) is 0 Å². The van der Waals surface area contributed by atoms with Crippen molar-refractivity contribution in [3.05, 3.63) is 34.3 Å². The summed E-state index contributed by atoms with van der Waals surface area (Å²) in [6.07, 6.45) is 0.764. The van der Waals surface area contributed by atoms with E-state index < -0.39 is 0 Å². The van der Waals surface area contributed by atoms with Crippen LogP contribution in [-0.4, -0.2) is 12.6 Å². The fourth-order valence-electron chi connectivity index (χ4n) is 1.48. The van der Waals surface area contributed by atoms with E-state index >= 15 is 0 Å². The van der Waals surface area contributed by atoms with Crippen molar-refractivity contribution in [2.75, 3.05) is 6.61 Å². The molecule has 2 nitrogen and oxygen atoms in total. The number of carbonyl (C=O) groups is 1. The summed E-state index contributed by atoms with van der Waals surface area (Å²) < 4.78 is 6.05. The molecule has 1 rings (SSSR count). The Bertz CT molecular complexity index is 319. The number of halogens is 1. The highest BCUT2D eigenvalue weighted by Gasteiger charge is 2.19. The molecule has 0 bridgehead atoms. The number of hydrogen-bond donors (Lipinski definition) is 0. The van der Waals surface area contributed by atoms with Gasteiger partial charge in [0.15, 0.2) is 0 Å². The smallest absolute Gasteiger partial charge is 0.313 e. The van der Waals surface area contributed by atoms with Gasteiger partial charge in [-0.25, -0.2) is 0 Å². The largest absolute Gasteiger partial charge is 0.466 e. The van der Waals surface area contributed by atoms with Crippen LogP contribution in [0.3, 0.4) is 0 Å². The summed E-state index contributed by atoms with van der Waals surface area (Å²) in [5, 5.41) is 0. The molecular formula is C12H15BrO2. The van der Waals surface area contributed by atoms with Crippen LogP contribution in [0, 0.1) is 0 Å². The Kier molecular flexibility index (Phi) is 4.82. The lowest BCUT2D eigenvalue weighted by molar-refractivity contribution is -0.145. The van der Waals surface area contributed by atoms with Crippen molar-refractivity contribution in [3.63, 3.8) is 0 Å². The lowest BCUT2D eigenvalue weighted by Crippen LogP contribution is -2.15. The fraction of sp³-hybridized carbons (Fsp3) is 0.417. The molecule has 1 atom stereocenters. The Hall–Kier alpha value is -0.830. The predicted octanol–water partition coefficient (Wildman–Crippen LogP) is 3.51. The molecule has 0 amide bonds. The lowest BCUT2D eigenvalue weighted by atomic mass is 9.97. The summed E-state index contributed by atoms with van der Waals surface area (Å²) in [4.78, 5) is 11.6. The molecule has 0 aliphatic heterocycles. The third kappa shape index (κ3) is 3.34. The van der Waals surface area contributed by atoms with Gasteiger partial charge in [-0.05, 0) is 31.0 Å². The van der Waals surface area contributed by atoms with Crippen molar-refractivity contribution < 1.29 is 9.53 Å². The van der Waals surface area contributed by atoms with E-state index in [0.29, 0.717) is 6.61 Å². The van der Waals surface area contributed by atoms with Gasteiger partial charge in [0.1, 0.15) is 0 Å². The van der Waals surface area contributed by atoms with Gasteiger partial charge in [-0.2, -0.15) is 0 Å². The summed E-state index contributed by atoms with van der Waals surface area (Å²) in [5.41, 5.74) is 1.01. The van der Waals surface area contributed by atoms with E-state index in [1.165, 1.54) is 0 Å². The van der Waals surface area contributed by atoms with Gasteiger partial charge in [-0.3, -0.25) is 4.79 Å². The minimum absolute atomic E-state index is 0.137. The Morgan fingerprint density at radius 3 is 2.40 bits per heavy atom. The minimum atomic E-state index is -0.141. The Morgan fingerprint density at radius 2 is 1.93 bits per heavy atom. The van der Waals surface area contributed by atoms with E-state index in [4.69, 9.17) is 4.74 Å². The van der Waals surface area contributed by atoms with Crippen LogP contribution in [0.5, 0.6) is 0 Å². The zero-order valence-corrected chi connectivity index (χ0v) is 10.6. The van der Waals surface area contributed by atoms with Gasteiger partial charge in [0, 0.05) is 4.47 Å². The molecule has 0 fully saturated rings. The van der Waals surface area contributed by atoms with Gasteiger partial charge >= 0.3 is 5.97 Å². The van der Waals surface area contributed by atoms with Crippen LogP contribution in [0.2, 0.25) is 0 Å². The number of hydrogen-bond acceptors (Lipinski definition) is 2. The number of ether oxygens (including phenoxy) is 1. The molecule has 3 heteroatoms. The van der Waals surface area contributed by atoms with Crippen molar-refractivity contribution in [2.24, 2.45) is 0 Å². The van der Waals surface area contributed by atoms with Crippen LogP contribution in [0.25, 0.3) is 0 Å². The van der Waals surface area contributed by atoms with Gasteiger partial charge in [0.05, 0.1) is 12.5 Å². The molecule has 0 aliphatic rings. The number of benzene rings is 1. The molecule has 1 unspecified atom stereocenters. The van der Waals surface area contributed by atoms with E-state index in [0.717, 1.165) is 16.5 Å². The molecule has 0 aromatic heterocycles. The van der Waals surface area contributed by atoms with Crippen molar-refractivity contribution in [1.29, 1.82) is 0 Å². The Morgan fingerprint density at radius 1 is 1.33 bits per heavy atom. The highest BCUT2D eigenvalue weighted by molar-refractivity contribution is 9.10. The van der Waals surface area contributed by atoms with Crippen molar-refractivity contribution in [1.82, 2.24) is 0 Å². The normalized spacial score (nSPS) is 12.2. The topological polar surface area (TPSA) is 26.3 Å². The summed E-state index contributed by atoms with van der Waals surface area (Å²) >= 11 is 3.37. The molecule has 1 aromatic carbocycles. The van der Waals surface area contributed by atoms with Gasteiger partial charge in [0.2, 0.25) is 0 Å². The maximum absolute atomic E-state index is 11.6. The minimum Gasteiger partial charge on any atom is -0.466 e. The second-order valence-electron chi connectivity index (χ2n) is 3.26. The summed E-state index contributed by atoms with van der Waals surface area (Å²) in [6, 6.07) is 7.79. The zero-order chi connectivity index (χ0) is 11.3. The van der Waals surface area contributed by atoms with Crippen LogP contribution >= 0.6 is 15.9 Å². The second-order valence-corrected chi connectivity index (χ2v) is 4.18. The molecule has 0 saturated carbocycles. The van der Waals surface area contributed by atoms with Gasteiger partial charge < -0.3 is 4.74 Å². The van der Waals surface area contributed by atoms with Gasteiger partial charge in [0.25, 0.3) is 0 Å². The monoisotopic (exact) mass is 270 g/mol. The first-order chi connectivity index (χ1) is 7.19. The summed E-state index contributed by atoms with van der Waals surface area (Å²) in [5.74, 6) is -0.277. The lowest BCUT2D eigenvalue weighted by Gasteiger charge is -2.13. The molecule has 15 heavy (non-hydrogen) atoms. The van der Waals surface area contributed by atoms with E-state index in [2.05, 4.69) is 15.9 Å². The Labute approximate surface area is 98.8 Å². The first kappa shape index (κ1) is 12.2. The van der Waals surface area contributed by atoms with Crippen LogP contribution in [-0.2, 0) is 9.53 Å².